The first kappa shape index (κ1) is 35.5. The maximum Gasteiger partial charge on any atom is 0.573 e. The van der Waals surface area contributed by atoms with Crippen molar-refractivity contribution in [1.29, 1.82) is 0 Å². The molecule has 4 aliphatic rings. The lowest BCUT2D eigenvalue weighted by Crippen LogP contribution is -2.60. The number of carboxylic acids is 1. The molecule has 2 heterocycles. The Labute approximate surface area is 281 Å². The van der Waals surface area contributed by atoms with Gasteiger partial charge in [0.1, 0.15) is 29.9 Å². The maximum atomic E-state index is 14.9. The largest absolute Gasteiger partial charge is 0.573 e. The molecule has 1 saturated heterocycles. The molecule has 8 atom stereocenters. The van der Waals surface area contributed by atoms with E-state index in [1.807, 2.05) is 0 Å². The number of fused-ring (bicyclic) bond motifs is 2. The lowest BCUT2D eigenvalue weighted by atomic mass is 9.81. The normalized spacial score (nSPS) is 29.1. The zero-order valence-electron chi connectivity index (χ0n) is 26.2. The third kappa shape index (κ3) is 7.12. The SMILES string of the molecule is O=C(CCC(=O)N(C1CC1)C1c2cc(F)ccc2N(C(=O)c2ccc(OC(F)(F)F)cc2)C2CCCC21)OC1OC(C(=O)O)C(O)C(O)C1O. The first-order valence-corrected chi connectivity index (χ1v) is 16.1. The van der Waals surface area contributed by atoms with Gasteiger partial charge in [0.15, 0.2) is 6.10 Å². The second kappa shape index (κ2) is 13.8. The third-order valence-corrected chi connectivity index (χ3v) is 9.52. The van der Waals surface area contributed by atoms with E-state index in [-0.39, 0.29) is 23.9 Å². The summed E-state index contributed by atoms with van der Waals surface area (Å²) >= 11 is 0. The standard InChI is InChI=1S/C33H34F4N2O11/c34-16-6-11-22-20(14-16)25(19-2-1-3-21(19)39(22)30(45)15-4-9-18(10-5-15)50-33(35,36)37)38(17-7-8-17)23(40)12-13-24(41)48-32-28(44)26(42)27(43)29(49-32)31(46)47/h4-6,9-11,14,17,19,21,25-29,32,42-44H,1-3,7-8,12-13H2,(H,46,47). The molecule has 270 valence electrons. The van der Waals surface area contributed by atoms with Crippen molar-refractivity contribution in [3.8, 4) is 5.75 Å². The number of amides is 2. The van der Waals surface area contributed by atoms with E-state index in [0.29, 0.717) is 43.4 Å². The smallest absolute Gasteiger partial charge is 0.479 e. The van der Waals surface area contributed by atoms with Gasteiger partial charge in [-0.25, -0.2) is 9.18 Å². The average molecular weight is 711 g/mol. The van der Waals surface area contributed by atoms with E-state index in [1.165, 1.54) is 35.2 Å². The van der Waals surface area contributed by atoms with Crippen LogP contribution in [0.4, 0.5) is 23.2 Å². The van der Waals surface area contributed by atoms with E-state index in [0.717, 1.165) is 12.1 Å². The Kier molecular flexibility index (Phi) is 9.78. The molecule has 50 heavy (non-hydrogen) atoms. The summed E-state index contributed by atoms with van der Waals surface area (Å²) in [5.41, 5.74) is 0.791. The molecule has 2 saturated carbocycles. The highest BCUT2D eigenvalue weighted by molar-refractivity contribution is 6.07. The van der Waals surface area contributed by atoms with Crippen LogP contribution in [-0.2, 0) is 23.9 Å². The lowest BCUT2D eigenvalue weighted by molar-refractivity contribution is -0.286. The zero-order chi connectivity index (χ0) is 36.1. The molecule has 17 heteroatoms. The minimum absolute atomic E-state index is 0.0799. The summed E-state index contributed by atoms with van der Waals surface area (Å²) in [6, 6.07) is 7.00. The Hall–Kier alpha value is -4.32. The number of anilines is 1. The molecule has 0 aromatic heterocycles. The first-order valence-electron chi connectivity index (χ1n) is 16.1. The molecule has 4 N–H and O–H groups in total. The first-order chi connectivity index (χ1) is 23.6. The molecule has 2 aromatic rings. The number of rotatable bonds is 9. The van der Waals surface area contributed by atoms with Crippen LogP contribution in [-0.4, -0.2) is 98.2 Å². The number of esters is 1. The minimum atomic E-state index is -4.91. The van der Waals surface area contributed by atoms with Gasteiger partial charge in [0.05, 0.1) is 12.5 Å². The summed E-state index contributed by atoms with van der Waals surface area (Å²) in [5.74, 6) is -5.17. The summed E-state index contributed by atoms with van der Waals surface area (Å²) in [6.07, 6.45) is -12.6. The van der Waals surface area contributed by atoms with Crippen molar-refractivity contribution in [3.05, 3.63) is 59.4 Å². The molecular formula is C33H34F4N2O11. The average Bonchev–Trinajstić information content (AvgIpc) is 3.78. The molecule has 13 nitrogen and oxygen atoms in total. The zero-order valence-corrected chi connectivity index (χ0v) is 26.2. The number of aliphatic hydroxyl groups is 3. The fourth-order valence-corrected chi connectivity index (χ4v) is 7.22. The molecule has 0 spiro atoms. The fourth-order valence-electron chi connectivity index (χ4n) is 7.22. The Morgan fingerprint density at radius 2 is 1.62 bits per heavy atom. The van der Waals surface area contributed by atoms with E-state index in [2.05, 4.69) is 4.74 Å². The van der Waals surface area contributed by atoms with Gasteiger partial charge in [0.2, 0.25) is 12.2 Å². The quantitative estimate of drug-likeness (QED) is 0.222. The molecule has 2 aliphatic heterocycles. The van der Waals surface area contributed by atoms with E-state index < -0.39 is 90.9 Å². The van der Waals surface area contributed by atoms with Crippen molar-refractivity contribution in [3.63, 3.8) is 0 Å². The number of carbonyl (C=O) groups excluding carboxylic acids is 3. The number of hydrogen-bond donors (Lipinski definition) is 4. The molecule has 2 aliphatic carbocycles. The molecule has 3 fully saturated rings. The summed E-state index contributed by atoms with van der Waals surface area (Å²) in [6.45, 7) is 0. The lowest BCUT2D eigenvalue weighted by Gasteiger charge is -2.48. The van der Waals surface area contributed by atoms with Gasteiger partial charge in [-0.3, -0.25) is 14.4 Å². The van der Waals surface area contributed by atoms with E-state index in [9.17, 15) is 57.2 Å². The van der Waals surface area contributed by atoms with E-state index in [1.54, 1.807) is 4.90 Å². The Morgan fingerprint density at radius 3 is 2.26 bits per heavy atom. The number of hydrogen-bond acceptors (Lipinski definition) is 10. The number of carbonyl (C=O) groups is 4. The highest BCUT2D eigenvalue weighted by atomic mass is 19.4. The van der Waals surface area contributed by atoms with Crippen LogP contribution in [0.1, 0.15) is 66.9 Å². The predicted molar refractivity (Wildman–Crippen MR) is 160 cm³/mol. The second-order valence-electron chi connectivity index (χ2n) is 12.8. The van der Waals surface area contributed by atoms with Crippen molar-refractivity contribution in [2.75, 3.05) is 4.90 Å². The predicted octanol–water partition coefficient (Wildman–Crippen LogP) is 2.80. The van der Waals surface area contributed by atoms with Crippen molar-refractivity contribution in [2.24, 2.45) is 5.92 Å². The van der Waals surface area contributed by atoms with E-state index in [4.69, 9.17) is 9.47 Å². The summed E-state index contributed by atoms with van der Waals surface area (Å²) in [5, 5.41) is 39.3. The number of halogens is 4. The van der Waals surface area contributed by atoms with Crippen LogP contribution in [0.15, 0.2) is 42.5 Å². The van der Waals surface area contributed by atoms with Crippen molar-refractivity contribution < 1.29 is 71.4 Å². The van der Waals surface area contributed by atoms with Gasteiger partial charge in [-0.05, 0) is 68.1 Å². The monoisotopic (exact) mass is 710 g/mol. The molecule has 0 radical (unpaired) electrons. The van der Waals surface area contributed by atoms with Crippen molar-refractivity contribution >= 4 is 29.4 Å². The van der Waals surface area contributed by atoms with Crippen molar-refractivity contribution in [2.45, 2.75) is 100 Å². The minimum Gasteiger partial charge on any atom is -0.479 e. The molecule has 8 unspecified atom stereocenters. The molecule has 0 bridgehead atoms. The van der Waals surface area contributed by atoms with Gasteiger partial charge in [-0.2, -0.15) is 0 Å². The number of ether oxygens (including phenoxy) is 3. The molecule has 2 amide bonds. The van der Waals surface area contributed by atoms with Crippen LogP contribution in [0.5, 0.6) is 5.75 Å². The van der Waals surface area contributed by atoms with Gasteiger partial charge in [0.25, 0.3) is 5.91 Å². The number of benzene rings is 2. The third-order valence-electron chi connectivity index (χ3n) is 9.52. The molecule has 2 aromatic carbocycles. The van der Waals surface area contributed by atoms with Gasteiger partial charge in [-0.1, -0.05) is 6.42 Å². The number of carboxylic acid groups (broad SMARTS) is 1. The molecular weight excluding hydrogens is 676 g/mol. The van der Waals surface area contributed by atoms with Gasteiger partial charge in [-0.15, -0.1) is 13.2 Å². The van der Waals surface area contributed by atoms with Crippen LogP contribution in [0.25, 0.3) is 0 Å². The number of alkyl halides is 3. The van der Waals surface area contributed by atoms with Gasteiger partial charge in [0, 0.05) is 41.2 Å². The van der Waals surface area contributed by atoms with Crippen LogP contribution in [0.3, 0.4) is 0 Å². The van der Waals surface area contributed by atoms with Crippen LogP contribution >= 0.6 is 0 Å². The topological polar surface area (TPSA) is 183 Å². The number of aliphatic carboxylic acids is 1. The van der Waals surface area contributed by atoms with Crippen LogP contribution in [0.2, 0.25) is 0 Å². The maximum absolute atomic E-state index is 14.9. The summed E-state index contributed by atoms with van der Waals surface area (Å²) < 4.78 is 66.9. The Morgan fingerprint density at radius 1 is 0.920 bits per heavy atom. The summed E-state index contributed by atoms with van der Waals surface area (Å²) in [4.78, 5) is 55.1. The highest BCUT2D eigenvalue weighted by Crippen LogP contribution is 2.53. The molecule has 6 rings (SSSR count). The Bertz CT molecular complexity index is 1640. The second-order valence-corrected chi connectivity index (χ2v) is 12.8. The fraction of sp³-hybridized carbons (Fsp3) is 0.515. The highest BCUT2D eigenvalue weighted by Gasteiger charge is 2.52. The Balaban J connectivity index is 1.22. The summed E-state index contributed by atoms with van der Waals surface area (Å²) in [7, 11) is 0. The number of nitrogens with zero attached hydrogens (tertiary/aromatic N) is 2. The number of aliphatic hydroxyl groups excluding tert-OH is 3. The van der Waals surface area contributed by atoms with E-state index >= 15 is 0 Å². The van der Waals surface area contributed by atoms with Crippen LogP contribution in [0, 0.1) is 11.7 Å². The van der Waals surface area contributed by atoms with Crippen LogP contribution < -0.4 is 9.64 Å². The van der Waals surface area contributed by atoms with Gasteiger partial charge < -0.3 is 44.4 Å². The van der Waals surface area contributed by atoms with Crippen molar-refractivity contribution in [1.82, 2.24) is 4.90 Å². The van der Waals surface area contributed by atoms with Gasteiger partial charge >= 0.3 is 18.3 Å².